The molecule has 1 aliphatic heterocycles. The minimum atomic E-state index is -4.65. The monoisotopic (exact) mass is 632 g/mol. The Morgan fingerprint density at radius 1 is 1.18 bits per heavy atom. The van der Waals surface area contributed by atoms with Crippen LogP contribution in [0.1, 0.15) is 36.5 Å². The Morgan fingerprint density at radius 2 is 1.95 bits per heavy atom. The average molecular weight is 633 g/mol. The molecule has 0 spiro atoms. The molecule has 232 valence electrons. The van der Waals surface area contributed by atoms with Gasteiger partial charge in [0.1, 0.15) is 24.1 Å². The Kier molecular flexibility index (Phi) is 9.33. The lowest BCUT2D eigenvalue weighted by Gasteiger charge is -2.32. The van der Waals surface area contributed by atoms with Gasteiger partial charge in [-0.2, -0.15) is 13.2 Å². The topological polar surface area (TPSA) is 102 Å². The summed E-state index contributed by atoms with van der Waals surface area (Å²) in [5.74, 6) is -1.72. The molecule has 2 aromatic carbocycles. The van der Waals surface area contributed by atoms with Crippen molar-refractivity contribution in [3.8, 4) is 0 Å². The van der Waals surface area contributed by atoms with E-state index in [0.29, 0.717) is 18.4 Å². The molecule has 0 aliphatic carbocycles. The van der Waals surface area contributed by atoms with Crippen molar-refractivity contribution >= 4 is 40.2 Å². The molecule has 3 heterocycles. The van der Waals surface area contributed by atoms with Crippen molar-refractivity contribution in [3.05, 3.63) is 82.8 Å². The summed E-state index contributed by atoms with van der Waals surface area (Å²) in [4.78, 5) is 35.3. The molecule has 0 saturated heterocycles. The smallest absolute Gasteiger partial charge is 0.447 e. The standard InChI is InChI=1S/C30H29ClF4N6O3/c1-40(26(42)10-9-19-7-4-8-23(32)27(19)31)22(13-18-11-12-41-25(14-18)38-28(39-41)30(33,34)35)17-44-29(43)37-24-15-20-5-2-3-6-21(20)16-36-24/h2-8,15-16,18,22H,9-14,17H2,1H3,(H,36,37,43)/t18?,22-/m0/s1. The zero-order valence-electron chi connectivity index (χ0n) is 23.7. The molecule has 0 fully saturated rings. The number of hydrogen-bond acceptors (Lipinski definition) is 6. The average Bonchev–Trinajstić information content (AvgIpc) is 3.44. The number of fused-ring (bicyclic) bond motifs is 2. The van der Waals surface area contributed by atoms with Crippen LogP contribution in [0.3, 0.4) is 0 Å². The zero-order valence-corrected chi connectivity index (χ0v) is 24.4. The van der Waals surface area contributed by atoms with Gasteiger partial charge in [-0.3, -0.25) is 10.1 Å². The van der Waals surface area contributed by atoms with Crippen LogP contribution in [-0.4, -0.2) is 56.3 Å². The normalized spacial score (nSPS) is 15.5. The van der Waals surface area contributed by atoms with E-state index in [9.17, 15) is 27.2 Å². The Morgan fingerprint density at radius 3 is 2.73 bits per heavy atom. The number of ether oxygens (including phenoxy) is 1. The summed E-state index contributed by atoms with van der Waals surface area (Å²) < 4.78 is 60.1. The molecule has 0 radical (unpaired) electrons. The molecular weight excluding hydrogens is 604 g/mol. The van der Waals surface area contributed by atoms with Gasteiger partial charge in [-0.1, -0.05) is 48.0 Å². The number of aromatic nitrogens is 4. The lowest BCUT2D eigenvalue weighted by atomic mass is 9.90. The Balaban J connectivity index is 1.26. The van der Waals surface area contributed by atoms with Crippen molar-refractivity contribution in [2.45, 2.75) is 50.9 Å². The van der Waals surface area contributed by atoms with E-state index in [2.05, 4.69) is 20.4 Å². The van der Waals surface area contributed by atoms with Crippen LogP contribution < -0.4 is 5.32 Å². The van der Waals surface area contributed by atoms with Crippen LogP contribution in [0.4, 0.5) is 28.2 Å². The summed E-state index contributed by atoms with van der Waals surface area (Å²) >= 11 is 6.05. The fraction of sp³-hybridized carbons (Fsp3) is 0.367. The first-order valence-corrected chi connectivity index (χ1v) is 14.3. The van der Waals surface area contributed by atoms with Crippen molar-refractivity contribution in [2.75, 3.05) is 19.0 Å². The molecule has 1 aliphatic rings. The highest BCUT2D eigenvalue weighted by atomic mass is 35.5. The molecule has 2 amide bonds. The summed E-state index contributed by atoms with van der Waals surface area (Å²) in [6, 6.07) is 13.0. The van der Waals surface area contributed by atoms with Gasteiger partial charge < -0.3 is 9.64 Å². The van der Waals surface area contributed by atoms with E-state index in [1.54, 1.807) is 25.4 Å². The highest BCUT2D eigenvalue weighted by molar-refractivity contribution is 6.31. The molecule has 1 unspecified atom stereocenters. The number of aryl methyl sites for hydroxylation is 2. The summed E-state index contributed by atoms with van der Waals surface area (Å²) in [6.45, 7) is 0.0554. The van der Waals surface area contributed by atoms with Gasteiger partial charge in [0.2, 0.25) is 5.91 Å². The summed E-state index contributed by atoms with van der Waals surface area (Å²) in [5, 5.41) is 7.90. The van der Waals surface area contributed by atoms with E-state index in [4.69, 9.17) is 16.3 Å². The van der Waals surface area contributed by atoms with Gasteiger partial charge in [0, 0.05) is 38.0 Å². The number of halogens is 5. The largest absolute Gasteiger partial charge is 0.453 e. The number of carbonyl (C=O) groups excluding carboxylic acids is 2. The lowest BCUT2D eigenvalue weighted by Crippen LogP contribution is -2.43. The third kappa shape index (κ3) is 7.44. The second kappa shape index (κ2) is 13.2. The fourth-order valence-corrected chi connectivity index (χ4v) is 5.46. The Bertz CT molecular complexity index is 1660. The third-order valence-electron chi connectivity index (χ3n) is 7.68. The maximum atomic E-state index is 13.9. The molecule has 0 saturated carbocycles. The van der Waals surface area contributed by atoms with Gasteiger partial charge in [0.05, 0.1) is 11.1 Å². The van der Waals surface area contributed by atoms with Crippen LogP contribution in [-0.2, 0) is 35.1 Å². The van der Waals surface area contributed by atoms with E-state index in [-0.39, 0.29) is 60.9 Å². The van der Waals surface area contributed by atoms with E-state index < -0.39 is 30.0 Å². The number of amides is 2. The van der Waals surface area contributed by atoms with E-state index in [1.807, 2.05) is 24.3 Å². The number of nitrogens with one attached hydrogen (secondary N) is 1. The van der Waals surface area contributed by atoms with Crippen LogP contribution in [0.2, 0.25) is 5.02 Å². The first-order chi connectivity index (χ1) is 21.0. The number of alkyl halides is 3. The maximum absolute atomic E-state index is 13.9. The minimum Gasteiger partial charge on any atom is -0.447 e. The number of nitrogens with zero attached hydrogens (tertiary/aromatic N) is 5. The summed E-state index contributed by atoms with van der Waals surface area (Å²) in [6.07, 6.45) is -2.56. The fourth-order valence-electron chi connectivity index (χ4n) is 5.24. The van der Waals surface area contributed by atoms with Crippen molar-refractivity contribution in [2.24, 2.45) is 5.92 Å². The van der Waals surface area contributed by atoms with E-state index in [0.717, 1.165) is 10.8 Å². The van der Waals surface area contributed by atoms with Crippen LogP contribution in [0.15, 0.2) is 54.7 Å². The van der Waals surface area contributed by atoms with Crippen molar-refractivity contribution < 1.29 is 31.9 Å². The van der Waals surface area contributed by atoms with Gasteiger partial charge >= 0.3 is 12.3 Å². The highest BCUT2D eigenvalue weighted by Gasteiger charge is 2.38. The molecule has 2 aromatic heterocycles. The van der Waals surface area contributed by atoms with E-state index >= 15 is 0 Å². The molecule has 14 heteroatoms. The van der Waals surface area contributed by atoms with Gasteiger partial charge in [0.25, 0.3) is 5.82 Å². The molecule has 4 aromatic rings. The van der Waals surface area contributed by atoms with Gasteiger partial charge in [-0.25, -0.2) is 23.8 Å². The summed E-state index contributed by atoms with van der Waals surface area (Å²) in [5.41, 5.74) is 0.482. The van der Waals surface area contributed by atoms with Crippen molar-refractivity contribution in [1.82, 2.24) is 24.6 Å². The van der Waals surface area contributed by atoms with Crippen molar-refractivity contribution in [3.63, 3.8) is 0 Å². The van der Waals surface area contributed by atoms with Crippen LogP contribution in [0, 0.1) is 11.7 Å². The lowest BCUT2D eigenvalue weighted by molar-refractivity contribution is -0.145. The Labute approximate surface area is 255 Å². The maximum Gasteiger partial charge on any atom is 0.453 e. The number of rotatable bonds is 9. The molecule has 1 N–H and O–H groups in total. The van der Waals surface area contributed by atoms with Crippen LogP contribution in [0.25, 0.3) is 10.8 Å². The number of hydrogen-bond donors (Lipinski definition) is 1. The SMILES string of the molecule is CN(C(=O)CCc1cccc(F)c1Cl)[C@H](COC(=O)Nc1cc2ccccc2cn1)CC1CCn2nc(C(F)(F)F)nc2C1. The van der Waals surface area contributed by atoms with Gasteiger partial charge in [0.15, 0.2) is 0 Å². The predicted molar refractivity (Wildman–Crippen MR) is 154 cm³/mol. The minimum absolute atomic E-state index is 0.0112. The third-order valence-corrected chi connectivity index (χ3v) is 8.10. The van der Waals surface area contributed by atoms with E-state index in [1.165, 1.54) is 21.7 Å². The number of benzene rings is 2. The number of carbonyl (C=O) groups is 2. The number of anilines is 1. The summed E-state index contributed by atoms with van der Waals surface area (Å²) in [7, 11) is 1.57. The Hall–Kier alpha value is -4.26. The molecular formula is C30H29ClF4N6O3. The highest BCUT2D eigenvalue weighted by Crippen LogP contribution is 2.30. The number of pyridine rings is 1. The van der Waals surface area contributed by atoms with Gasteiger partial charge in [-0.05, 0) is 48.3 Å². The predicted octanol–water partition coefficient (Wildman–Crippen LogP) is 6.30. The molecule has 5 rings (SSSR count). The van der Waals surface area contributed by atoms with Crippen LogP contribution >= 0.6 is 11.6 Å². The zero-order chi connectivity index (χ0) is 31.4. The molecule has 9 nitrogen and oxygen atoms in total. The van der Waals surface area contributed by atoms with Crippen molar-refractivity contribution in [1.29, 1.82) is 0 Å². The first kappa shape index (κ1) is 31.2. The van der Waals surface area contributed by atoms with Crippen LogP contribution in [0.5, 0.6) is 0 Å². The molecule has 44 heavy (non-hydrogen) atoms. The number of likely N-dealkylation sites (N-methyl/N-ethyl adjacent to an activating group) is 1. The quantitative estimate of drug-likeness (QED) is 0.217. The second-order valence-corrected chi connectivity index (χ2v) is 11.1. The molecule has 2 atom stereocenters. The second-order valence-electron chi connectivity index (χ2n) is 10.7. The first-order valence-electron chi connectivity index (χ1n) is 14.0. The van der Waals surface area contributed by atoms with Gasteiger partial charge in [-0.15, -0.1) is 5.10 Å². The molecule has 0 bridgehead atoms.